The molecule has 1 aliphatic rings. The standard InChI is InChI=1S/C11H10N2O5/c1-12-10(14)5-9-7-3-2-6(13(16)17)4-8(7)11(15)18-9/h2-4,9H,5H2,1H3,(H,12,14)/t9-/m1/s1. The minimum Gasteiger partial charge on any atom is -0.453 e. The van der Waals surface area contributed by atoms with Gasteiger partial charge in [0.2, 0.25) is 5.91 Å². The first-order valence-electron chi connectivity index (χ1n) is 5.23. The van der Waals surface area contributed by atoms with Gasteiger partial charge in [-0.3, -0.25) is 14.9 Å². The summed E-state index contributed by atoms with van der Waals surface area (Å²) in [6.45, 7) is 0. The third-order valence-corrected chi connectivity index (χ3v) is 2.71. The molecule has 2 rings (SSSR count). The van der Waals surface area contributed by atoms with E-state index in [0.29, 0.717) is 5.56 Å². The van der Waals surface area contributed by atoms with E-state index < -0.39 is 17.0 Å². The van der Waals surface area contributed by atoms with Gasteiger partial charge in [-0.1, -0.05) is 0 Å². The Morgan fingerprint density at radius 3 is 2.89 bits per heavy atom. The summed E-state index contributed by atoms with van der Waals surface area (Å²) in [5.41, 5.74) is 0.485. The summed E-state index contributed by atoms with van der Waals surface area (Å²) in [7, 11) is 1.48. The van der Waals surface area contributed by atoms with E-state index in [9.17, 15) is 19.7 Å². The lowest BCUT2D eigenvalue weighted by atomic mass is 10.0. The van der Waals surface area contributed by atoms with Gasteiger partial charge in [-0.25, -0.2) is 4.79 Å². The molecule has 1 atom stereocenters. The van der Waals surface area contributed by atoms with Gasteiger partial charge in [0.1, 0.15) is 6.10 Å². The maximum atomic E-state index is 11.5. The first kappa shape index (κ1) is 12.0. The minimum atomic E-state index is -0.673. The van der Waals surface area contributed by atoms with Crippen molar-refractivity contribution in [2.45, 2.75) is 12.5 Å². The Morgan fingerprint density at radius 2 is 2.28 bits per heavy atom. The van der Waals surface area contributed by atoms with E-state index in [0.717, 1.165) is 0 Å². The van der Waals surface area contributed by atoms with Gasteiger partial charge in [-0.05, 0) is 6.07 Å². The first-order valence-corrected chi connectivity index (χ1v) is 5.23. The monoisotopic (exact) mass is 250 g/mol. The smallest absolute Gasteiger partial charge is 0.339 e. The van der Waals surface area contributed by atoms with Crippen LogP contribution in [-0.2, 0) is 9.53 Å². The van der Waals surface area contributed by atoms with Crippen LogP contribution >= 0.6 is 0 Å². The summed E-state index contributed by atoms with van der Waals surface area (Å²) in [6.07, 6.45) is -0.666. The first-order chi connectivity index (χ1) is 8.52. The van der Waals surface area contributed by atoms with Crippen LogP contribution in [0.15, 0.2) is 18.2 Å². The summed E-state index contributed by atoms with van der Waals surface area (Å²) in [5, 5.41) is 13.0. The third kappa shape index (κ3) is 2.02. The SMILES string of the molecule is CNC(=O)C[C@H]1OC(=O)c2cc([N+](=O)[O-])ccc21. The van der Waals surface area contributed by atoms with Crippen LogP contribution in [0.2, 0.25) is 0 Å². The minimum absolute atomic E-state index is 0.00699. The zero-order valence-electron chi connectivity index (χ0n) is 9.50. The number of ether oxygens (including phenoxy) is 1. The van der Waals surface area contributed by atoms with Gasteiger partial charge in [0, 0.05) is 24.7 Å². The van der Waals surface area contributed by atoms with Crippen molar-refractivity contribution in [2.24, 2.45) is 0 Å². The van der Waals surface area contributed by atoms with Crippen molar-refractivity contribution in [1.29, 1.82) is 0 Å². The molecule has 1 aromatic rings. The highest BCUT2D eigenvalue weighted by Crippen LogP contribution is 2.34. The predicted molar refractivity (Wildman–Crippen MR) is 59.9 cm³/mol. The Kier molecular flexibility index (Phi) is 2.97. The molecule has 1 amide bonds. The highest BCUT2D eigenvalue weighted by Gasteiger charge is 2.33. The Labute approximate surface area is 102 Å². The fourth-order valence-corrected chi connectivity index (χ4v) is 1.79. The number of cyclic esters (lactones) is 1. The Morgan fingerprint density at radius 1 is 1.56 bits per heavy atom. The lowest BCUT2D eigenvalue weighted by molar-refractivity contribution is -0.384. The number of nitrogens with one attached hydrogen (secondary N) is 1. The lowest BCUT2D eigenvalue weighted by Gasteiger charge is -2.08. The van der Waals surface area contributed by atoms with Gasteiger partial charge in [0.25, 0.3) is 5.69 Å². The number of non-ortho nitro benzene ring substituents is 1. The van der Waals surface area contributed by atoms with Crippen molar-refractivity contribution in [3.63, 3.8) is 0 Å². The number of carbonyl (C=O) groups is 2. The molecule has 0 aromatic heterocycles. The van der Waals surface area contributed by atoms with E-state index in [1.54, 1.807) is 0 Å². The fourth-order valence-electron chi connectivity index (χ4n) is 1.79. The number of benzene rings is 1. The van der Waals surface area contributed by atoms with E-state index in [2.05, 4.69) is 5.32 Å². The summed E-state index contributed by atoms with van der Waals surface area (Å²) in [5.74, 6) is -0.901. The van der Waals surface area contributed by atoms with Crippen LogP contribution in [0.1, 0.15) is 28.4 Å². The second-order valence-corrected chi connectivity index (χ2v) is 3.80. The lowest BCUT2D eigenvalue weighted by Crippen LogP contribution is -2.20. The van der Waals surface area contributed by atoms with Gasteiger partial charge in [-0.15, -0.1) is 0 Å². The number of esters is 1. The van der Waals surface area contributed by atoms with Gasteiger partial charge >= 0.3 is 5.97 Å². The van der Waals surface area contributed by atoms with Crippen LogP contribution in [0.4, 0.5) is 5.69 Å². The van der Waals surface area contributed by atoms with Crippen LogP contribution in [0.5, 0.6) is 0 Å². The highest BCUT2D eigenvalue weighted by atomic mass is 16.6. The van der Waals surface area contributed by atoms with Crippen LogP contribution < -0.4 is 5.32 Å². The van der Waals surface area contributed by atoms with Gasteiger partial charge < -0.3 is 10.1 Å². The molecule has 1 aromatic carbocycles. The Hall–Kier alpha value is -2.44. The van der Waals surface area contributed by atoms with Crippen molar-refractivity contribution in [3.05, 3.63) is 39.4 Å². The molecule has 18 heavy (non-hydrogen) atoms. The predicted octanol–water partition coefficient (Wildman–Crippen LogP) is 0.942. The van der Waals surface area contributed by atoms with E-state index in [1.807, 2.05) is 0 Å². The molecular formula is C11H10N2O5. The van der Waals surface area contributed by atoms with E-state index >= 15 is 0 Å². The molecule has 0 spiro atoms. The average Bonchev–Trinajstić information content (AvgIpc) is 2.65. The Balaban J connectivity index is 2.33. The molecule has 0 bridgehead atoms. The average molecular weight is 250 g/mol. The van der Waals surface area contributed by atoms with Crippen molar-refractivity contribution in [2.75, 3.05) is 7.05 Å². The van der Waals surface area contributed by atoms with E-state index in [4.69, 9.17) is 4.74 Å². The number of nitro benzene ring substituents is 1. The maximum Gasteiger partial charge on any atom is 0.339 e. The highest BCUT2D eigenvalue weighted by molar-refractivity contribution is 5.95. The molecule has 94 valence electrons. The zero-order chi connectivity index (χ0) is 13.3. The second kappa shape index (κ2) is 4.44. The quantitative estimate of drug-likeness (QED) is 0.489. The van der Waals surface area contributed by atoms with Crippen LogP contribution in [0, 0.1) is 10.1 Å². The number of fused-ring (bicyclic) bond motifs is 1. The van der Waals surface area contributed by atoms with Crippen LogP contribution in [0.25, 0.3) is 0 Å². The zero-order valence-corrected chi connectivity index (χ0v) is 9.50. The van der Waals surface area contributed by atoms with Crippen molar-refractivity contribution < 1.29 is 19.2 Å². The number of hydrogen-bond acceptors (Lipinski definition) is 5. The van der Waals surface area contributed by atoms with Gasteiger partial charge in [-0.2, -0.15) is 0 Å². The molecule has 0 aliphatic carbocycles. The molecule has 0 unspecified atom stereocenters. The molecule has 0 radical (unpaired) electrons. The molecule has 1 aliphatic heterocycles. The number of amides is 1. The van der Waals surface area contributed by atoms with Crippen molar-refractivity contribution in [1.82, 2.24) is 5.32 Å². The van der Waals surface area contributed by atoms with Crippen LogP contribution in [-0.4, -0.2) is 23.8 Å². The fraction of sp³-hybridized carbons (Fsp3) is 0.273. The Bertz CT molecular complexity index is 540. The molecule has 0 fully saturated rings. The van der Waals surface area contributed by atoms with E-state index in [1.165, 1.54) is 25.2 Å². The second-order valence-electron chi connectivity index (χ2n) is 3.80. The van der Waals surface area contributed by atoms with Crippen molar-refractivity contribution >= 4 is 17.6 Å². The number of nitro groups is 1. The molecular weight excluding hydrogens is 240 g/mol. The normalized spacial score (nSPS) is 16.9. The molecule has 1 heterocycles. The summed E-state index contributed by atoms with van der Waals surface area (Å²) in [4.78, 5) is 32.8. The van der Waals surface area contributed by atoms with E-state index in [-0.39, 0.29) is 23.6 Å². The number of rotatable bonds is 3. The number of hydrogen-bond donors (Lipinski definition) is 1. The van der Waals surface area contributed by atoms with Crippen molar-refractivity contribution in [3.8, 4) is 0 Å². The van der Waals surface area contributed by atoms with Gasteiger partial charge in [0.05, 0.1) is 16.9 Å². The molecule has 7 nitrogen and oxygen atoms in total. The molecule has 0 saturated carbocycles. The van der Waals surface area contributed by atoms with Crippen LogP contribution in [0.3, 0.4) is 0 Å². The summed E-state index contributed by atoms with van der Waals surface area (Å²) < 4.78 is 5.02. The number of nitrogens with zero attached hydrogens (tertiary/aromatic N) is 1. The largest absolute Gasteiger partial charge is 0.453 e. The summed E-state index contributed by atoms with van der Waals surface area (Å²) >= 11 is 0. The molecule has 1 N–H and O–H groups in total. The molecule has 0 saturated heterocycles. The molecule has 7 heteroatoms. The maximum absolute atomic E-state index is 11.5. The third-order valence-electron chi connectivity index (χ3n) is 2.71. The summed E-state index contributed by atoms with van der Waals surface area (Å²) in [6, 6.07) is 3.91. The topological polar surface area (TPSA) is 98.5 Å². The number of carbonyl (C=O) groups excluding carboxylic acids is 2. The van der Waals surface area contributed by atoms with Gasteiger partial charge in [0.15, 0.2) is 0 Å².